The van der Waals surface area contributed by atoms with E-state index in [4.69, 9.17) is 0 Å². The third-order valence-corrected chi connectivity index (χ3v) is 3.50. The molecule has 0 aliphatic heterocycles. The molecule has 2 rings (SSSR count). The Labute approximate surface area is 102 Å². The van der Waals surface area contributed by atoms with Gasteiger partial charge in [-0.1, -0.05) is 30.3 Å². The van der Waals surface area contributed by atoms with Gasteiger partial charge in [-0.2, -0.15) is 0 Å². The van der Waals surface area contributed by atoms with E-state index in [1.807, 2.05) is 30.3 Å². The van der Waals surface area contributed by atoms with Crippen molar-refractivity contribution in [1.29, 1.82) is 0 Å². The van der Waals surface area contributed by atoms with Gasteiger partial charge in [0.2, 0.25) is 5.91 Å². The van der Waals surface area contributed by atoms with Gasteiger partial charge < -0.3 is 10.4 Å². The van der Waals surface area contributed by atoms with Crippen LogP contribution in [0.15, 0.2) is 30.3 Å². The van der Waals surface area contributed by atoms with E-state index in [0.717, 1.165) is 25.7 Å². The molecule has 0 aromatic heterocycles. The number of carbonyl (C=O) groups excluding carboxylic acids is 1. The number of rotatable bonds is 5. The topological polar surface area (TPSA) is 49.3 Å². The summed E-state index contributed by atoms with van der Waals surface area (Å²) in [6.07, 6.45) is 4.15. The summed E-state index contributed by atoms with van der Waals surface area (Å²) in [5, 5.41) is 12.2. The van der Waals surface area contributed by atoms with Crippen molar-refractivity contribution in [1.82, 2.24) is 5.32 Å². The number of aliphatic hydroxyl groups excluding tert-OH is 1. The molecule has 0 bridgehead atoms. The number of amides is 1. The van der Waals surface area contributed by atoms with Crippen LogP contribution in [-0.2, 0) is 11.2 Å². The van der Waals surface area contributed by atoms with E-state index < -0.39 is 0 Å². The van der Waals surface area contributed by atoms with Crippen LogP contribution in [0.5, 0.6) is 0 Å². The van der Waals surface area contributed by atoms with Gasteiger partial charge >= 0.3 is 0 Å². The average molecular weight is 233 g/mol. The van der Waals surface area contributed by atoms with Crippen LogP contribution in [-0.4, -0.2) is 23.2 Å². The van der Waals surface area contributed by atoms with Crippen LogP contribution >= 0.6 is 0 Å². The first-order valence-corrected chi connectivity index (χ1v) is 6.20. The van der Waals surface area contributed by atoms with Gasteiger partial charge in [0.05, 0.1) is 12.1 Å². The number of nitrogens with one attached hydrogen (secondary N) is 1. The smallest absolute Gasteiger partial charge is 0.220 e. The molecule has 1 aliphatic rings. The second-order valence-electron chi connectivity index (χ2n) is 4.83. The molecule has 92 valence electrons. The molecule has 17 heavy (non-hydrogen) atoms. The highest BCUT2D eigenvalue weighted by atomic mass is 16.3. The van der Waals surface area contributed by atoms with Crippen molar-refractivity contribution in [2.24, 2.45) is 0 Å². The van der Waals surface area contributed by atoms with Crippen LogP contribution in [0.2, 0.25) is 0 Å². The Kier molecular flexibility index (Phi) is 3.79. The molecule has 0 heterocycles. The van der Waals surface area contributed by atoms with Gasteiger partial charge in [0.15, 0.2) is 0 Å². The summed E-state index contributed by atoms with van der Waals surface area (Å²) in [6.45, 7) is 0.0596. The quantitative estimate of drug-likeness (QED) is 0.812. The molecule has 1 aromatic carbocycles. The summed E-state index contributed by atoms with van der Waals surface area (Å²) >= 11 is 0. The predicted molar refractivity (Wildman–Crippen MR) is 66.6 cm³/mol. The summed E-state index contributed by atoms with van der Waals surface area (Å²) < 4.78 is 0. The zero-order chi connectivity index (χ0) is 12.1. The van der Waals surface area contributed by atoms with Crippen LogP contribution in [0, 0.1) is 0 Å². The molecular weight excluding hydrogens is 214 g/mol. The van der Waals surface area contributed by atoms with Crippen molar-refractivity contribution < 1.29 is 9.90 Å². The zero-order valence-electron chi connectivity index (χ0n) is 9.98. The lowest BCUT2D eigenvalue weighted by molar-refractivity contribution is -0.125. The largest absolute Gasteiger partial charge is 0.394 e. The Balaban J connectivity index is 1.78. The number of carbonyl (C=O) groups is 1. The highest BCUT2D eigenvalue weighted by Gasteiger charge is 2.37. The molecule has 1 saturated carbocycles. The van der Waals surface area contributed by atoms with Crippen LogP contribution < -0.4 is 5.32 Å². The van der Waals surface area contributed by atoms with E-state index in [1.165, 1.54) is 5.56 Å². The molecule has 1 amide bonds. The van der Waals surface area contributed by atoms with E-state index in [9.17, 15) is 9.90 Å². The van der Waals surface area contributed by atoms with E-state index in [-0.39, 0.29) is 18.1 Å². The van der Waals surface area contributed by atoms with E-state index in [1.54, 1.807) is 0 Å². The van der Waals surface area contributed by atoms with Crippen LogP contribution in [0.1, 0.15) is 31.2 Å². The van der Waals surface area contributed by atoms with Gasteiger partial charge in [0, 0.05) is 6.42 Å². The molecule has 3 heteroatoms. The fraction of sp³-hybridized carbons (Fsp3) is 0.500. The maximum Gasteiger partial charge on any atom is 0.220 e. The van der Waals surface area contributed by atoms with E-state index in [0.29, 0.717) is 6.42 Å². The maximum absolute atomic E-state index is 11.8. The standard InChI is InChI=1S/C14H19NO2/c16-11-14(9-4-10-14)15-13(17)8-7-12-5-2-1-3-6-12/h1-3,5-6,16H,4,7-11H2,(H,15,17). The van der Waals surface area contributed by atoms with Gasteiger partial charge in [0.25, 0.3) is 0 Å². The minimum absolute atomic E-state index is 0.0441. The molecular formula is C14H19NO2. The Morgan fingerprint density at radius 2 is 2.00 bits per heavy atom. The van der Waals surface area contributed by atoms with Gasteiger partial charge in [-0.25, -0.2) is 0 Å². The fourth-order valence-corrected chi connectivity index (χ4v) is 2.19. The molecule has 3 nitrogen and oxygen atoms in total. The molecule has 1 fully saturated rings. The molecule has 2 N–H and O–H groups in total. The molecule has 0 unspecified atom stereocenters. The number of aliphatic hydroxyl groups is 1. The average Bonchev–Trinajstić information content (AvgIpc) is 2.33. The summed E-state index contributed by atoms with van der Waals surface area (Å²) in [5.41, 5.74) is 0.864. The first-order valence-electron chi connectivity index (χ1n) is 6.20. The van der Waals surface area contributed by atoms with Gasteiger partial charge in [-0.05, 0) is 31.2 Å². The Bertz CT molecular complexity index is 366. The summed E-state index contributed by atoms with van der Waals surface area (Å²) in [4.78, 5) is 11.8. The van der Waals surface area contributed by atoms with Crippen LogP contribution in [0.3, 0.4) is 0 Å². The normalized spacial score (nSPS) is 17.2. The Morgan fingerprint density at radius 1 is 1.29 bits per heavy atom. The number of hydrogen-bond donors (Lipinski definition) is 2. The Hall–Kier alpha value is -1.35. The second-order valence-corrected chi connectivity index (χ2v) is 4.83. The van der Waals surface area contributed by atoms with Crippen molar-refractivity contribution in [3.8, 4) is 0 Å². The third kappa shape index (κ3) is 3.07. The van der Waals surface area contributed by atoms with Crippen molar-refractivity contribution in [3.05, 3.63) is 35.9 Å². The lowest BCUT2D eigenvalue weighted by Gasteiger charge is -2.41. The number of aryl methyl sites for hydroxylation is 1. The van der Waals surface area contributed by atoms with Gasteiger partial charge in [-0.3, -0.25) is 4.79 Å². The van der Waals surface area contributed by atoms with Crippen molar-refractivity contribution in [2.75, 3.05) is 6.61 Å². The molecule has 0 spiro atoms. The summed E-state index contributed by atoms with van der Waals surface area (Å²) in [5.74, 6) is 0.0441. The van der Waals surface area contributed by atoms with E-state index >= 15 is 0 Å². The summed E-state index contributed by atoms with van der Waals surface area (Å²) in [7, 11) is 0. The predicted octanol–water partition coefficient (Wildman–Crippen LogP) is 1.65. The minimum Gasteiger partial charge on any atom is -0.394 e. The molecule has 1 aromatic rings. The van der Waals surface area contributed by atoms with Crippen LogP contribution in [0.25, 0.3) is 0 Å². The first-order chi connectivity index (χ1) is 8.24. The SMILES string of the molecule is O=C(CCc1ccccc1)NC1(CO)CCC1. The van der Waals surface area contributed by atoms with Crippen molar-refractivity contribution >= 4 is 5.91 Å². The lowest BCUT2D eigenvalue weighted by atomic mass is 9.77. The molecule has 1 aliphatic carbocycles. The first kappa shape index (κ1) is 12.1. The van der Waals surface area contributed by atoms with Crippen molar-refractivity contribution in [2.45, 2.75) is 37.6 Å². The maximum atomic E-state index is 11.8. The number of benzene rings is 1. The Morgan fingerprint density at radius 3 is 2.53 bits per heavy atom. The van der Waals surface area contributed by atoms with Crippen molar-refractivity contribution in [3.63, 3.8) is 0 Å². The van der Waals surface area contributed by atoms with Gasteiger partial charge in [-0.15, -0.1) is 0 Å². The molecule has 0 radical (unpaired) electrons. The molecule has 0 atom stereocenters. The second kappa shape index (κ2) is 5.32. The zero-order valence-corrected chi connectivity index (χ0v) is 9.98. The van der Waals surface area contributed by atoms with Crippen LogP contribution in [0.4, 0.5) is 0 Å². The highest BCUT2D eigenvalue weighted by molar-refractivity contribution is 5.77. The lowest BCUT2D eigenvalue weighted by Crippen LogP contribution is -2.56. The molecule has 0 saturated heterocycles. The fourth-order valence-electron chi connectivity index (χ4n) is 2.19. The van der Waals surface area contributed by atoms with E-state index in [2.05, 4.69) is 5.32 Å². The monoisotopic (exact) mass is 233 g/mol. The number of hydrogen-bond acceptors (Lipinski definition) is 2. The van der Waals surface area contributed by atoms with Gasteiger partial charge in [0.1, 0.15) is 0 Å². The third-order valence-electron chi connectivity index (χ3n) is 3.50. The highest BCUT2D eigenvalue weighted by Crippen LogP contribution is 2.31. The minimum atomic E-state index is -0.312. The summed E-state index contributed by atoms with van der Waals surface area (Å²) in [6, 6.07) is 9.98.